The molecule has 2 saturated heterocycles. The molecule has 3 fully saturated rings. The first-order chi connectivity index (χ1) is 6.76. The highest BCUT2D eigenvalue weighted by atomic mass is 127. The van der Waals surface area contributed by atoms with Gasteiger partial charge >= 0.3 is 0 Å². The molecule has 0 N–H and O–H groups in total. The monoisotopic (exact) mass is 310 g/mol. The van der Waals surface area contributed by atoms with E-state index >= 15 is 0 Å². The summed E-state index contributed by atoms with van der Waals surface area (Å²) in [6.45, 7) is 2.45. The van der Waals surface area contributed by atoms with Gasteiger partial charge in [-0.15, -0.1) is 0 Å². The molecular formula is C10H15IO3. The second kappa shape index (κ2) is 3.30. The Balaban J connectivity index is 1.62. The molecule has 1 saturated carbocycles. The SMILES string of the molecule is ICC1CC2(CO1)CC1(C2)OCCO1. The van der Waals surface area contributed by atoms with Gasteiger partial charge in [0, 0.05) is 22.7 Å². The van der Waals surface area contributed by atoms with Gasteiger partial charge < -0.3 is 14.2 Å². The van der Waals surface area contributed by atoms with E-state index in [1.165, 1.54) is 6.42 Å². The van der Waals surface area contributed by atoms with Crippen LogP contribution in [0, 0.1) is 5.41 Å². The fourth-order valence-corrected chi connectivity index (χ4v) is 3.60. The van der Waals surface area contributed by atoms with Gasteiger partial charge in [-0.2, -0.15) is 0 Å². The van der Waals surface area contributed by atoms with Gasteiger partial charge in [-0.1, -0.05) is 22.6 Å². The van der Waals surface area contributed by atoms with E-state index in [1.54, 1.807) is 0 Å². The molecule has 3 aliphatic rings. The smallest absolute Gasteiger partial charge is 0.169 e. The minimum Gasteiger partial charge on any atom is -0.377 e. The van der Waals surface area contributed by atoms with Gasteiger partial charge in [0.05, 0.1) is 25.9 Å². The lowest BCUT2D eigenvalue weighted by molar-refractivity contribution is -0.260. The highest BCUT2D eigenvalue weighted by Crippen LogP contribution is 2.58. The van der Waals surface area contributed by atoms with Gasteiger partial charge in [0.1, 0.15) is 0 Å². The summed E-state index contributed by atoms with van der Waals surface area (Å²) in [5, 5.41) is 0. The summed E-state index contributed by atoms with van der Waals surface area (Å²) >= 11 is 2.40. The van der Waals surface area contributed by atoms with Crippen molar-refractivity contribution in [1.29, 1.82) is 0 Å². The third-order valence-corrected chi connectivity index (χ3v) is 4.54. The fraction of sp³-hybridized carbons (Fsp3) is 1.00. The predicted octanol–water partition coefficient (Wildman–Crippen LogP) is 1.73. The Morgan fingerprint density at radius 3 is 2.50 bits per heavy atom. The summed E-state index contributed by atoms with van der Waals surface area (Å²) in [5.74, 6) is -0.205. The largest absolute Gasteiger partial charge is 0.377 e. The van der Waals surface area contributed by atoms with Crippen molar-refractivity contribution in [2.75, 3.05) is 24.2 Å². The fourth-order valence-electron chi connectivity index (χ4n) is 3.03. The molecule has 3 nitrogen and oxygen atoms in total. The summed E-state index contributed by atoms with van der Waals surface area (Å²) in [7, 11) is 0. The maximum Gasteiger partial charge on any atom is 0.169 e. The molecule has 1 unspecified atom stereocenters. The Hall–Kier alpha value is 0.610. The maximum absolute atomic E-state index is 5.74. The first kappa shape index (κ1) is 9.81. The number of ether oxygens (including phenoxy) is 3. The molecule has 80 valence electrons. The topological polar surface area (TPSA) is 27.7 Å². The second-order valence-corrected chi connectivity index (χ2v) is 5.63. The minimum absolute atomic E-state index is 0.205. The van der Waals surface area contributed by atoms with Crippen LogP contribution in [0.4, 0.5) is 0 Å². The zero-order valence-electron chi connectivity index (χ0n) is 8.13. The van der Waals surface area contributed by atoms with E-state index in [4.69, 9.17) is 14.2 Å². The number of hydrogen-bond donors (Lipinski definition) is 0. The summed E-state index contributed by atoms with van der Waals surface area (Å²) in [6, 6.07) is 0. The lowest BCUT2D eigenvalue weighted by Crippen LogP contribution is -2.53. The lowest BCUT2D eigenvalue weighted by atomic mass is 9.63. The highest BCUT2D eigenvalue weighted by molar-refractivity contribution is 14.1. The van der Waals surface area contributed by atoms with Crippen molar-refractivity contribution >= 4 is 22.6 Å². The standard InChI is InChI=1S/C10H15IO3/c11-4-8-3-9(7-12-8)5-10(6-9)13-1-2-14-10/h8H,1-7H2. The zero-order chi connectivity index (χ0) is 9.65. The van der Waals surface area contributed by atoms with E-state index in [9.17, 15) is 0 Å². The Labute approximate surface area is 97.6 Å². The molecule has 0 aromatic carbocycles. The lowest BCUT2D eigenvalue weighted by Gasteiger charge is -2.50. The van der Waals surface area contributed by atoms with Crippen molar-refractivity contribution < 1.29 is 14.2 Å². The number of alkyl halides is 1. The summed E-state index contributed by atoms with van der Waals surface area (Å²) in [4.78, 5) is 0. The van der Waals surface area contributed by atoms with Gasteiger partial charge in [0.15, 0.2) is 5.79 Å². The Morgan fingerprint density at radius 2 is 1.93 bits per heavy atom. The van der Waals surface area contributed by atoms with Crippen molar-refractivity contribution in [2.45, 2.75) is 31.2 Å². The first-order valence-corrected chi connectivity index (χ1v) is 6.74. The molecule has 4 heteroatoms. The van der Waals surface area contributed by atoms with E-state index < -0.39 is 0 Å². The minimum atomic E-state index is -0.205. The molecule has 3 rings (SSSR count). The van der Waals surface area contributed by atoms with E-state index in [-0.39, 0.29) is 5.79 Å². The third-order valence-electron chi connectivity index (χ3n) is 3.56. The third kappa shape index (κ3) is 1.42. The molecular weight excluding hydrogens is 295 g/mol. The Kier molecular flexibility index (Phi) is 2.31. The zero-order valence-corrected chi connectivity index (χ0v) is 10.3. The van der Waals surface area contributed by atoms with Crippen LogP contribution in [0.15, 0.2) is 0 Å². The van der Waals surface area contributed by atoms with Crippen LogP contribution < -0.4 is 0 Å². The van der Waals surface area contributed by atoms with Crippen LogP contribution in [0.25, 0.3) is 0 Å². The van der Waals surface area contributed by atoms with Gasteiger partial charge in [-0.05, 0) is 6.42 Å². The molecule has 0 aromatic rings. The van der Waals surface area contributed by atoms with Gasteiger partial charge in [0.25, 0.3) is 0 Å². The van der Waals surface area contributed by atoms with E-state index in [0.29, 0.717) is 11.5 Å². The molecule has 0 aromatic heterocycles. The molecule has 1 aliphatic carbocycles. The molecule has 0 amide bonds. The number of halogens is 1. The molecule has 14 heavy (non-hydrogen) atoms. The predicted molar refractivity (Wildman–Crippen MR) is 59.5 cm³/mol. The van der Waals surface area contributed by atoms with E-state index in [1.807, 2.05) is 0 Å². The van der Waals surface area contributed by atoms with E-state index in [0.717, 1.165) is 37.1 Å². The first-order valence-electron chi connectivity index (χ1n) is 5.22. The van der Waals surface area contributed by atoms with Crippen LogP contribution in [0.2, 0.25) is 0 Å². The number of rotatable bonds is 1. The average molecular weight is 310 g/mol. The van der Waals surface area contributed by atoms with Crippen LogP contribution in [0.1, 0.15) is 19.3 Å². The molecule has 2 spiro atoms. The second-order valence-electron chi connectivity index (χ2n) is 4.75. The number of hydrogen-bond acceptors (Lipinski definition) is 3. The molecule has 2 aliphatic heterocycles. The quantitative estimate of drug-likeness (QED) is 0.545. The van der Waals surface area contributed by atoms with Crippen molar-refractivity contribution in [2.24, 2.45) is 5.41 Å². The molecule has 1 atom stereocenters. The van der Waals surface area contributed by atoms with E-state index in [2.05, 4.69) is 22.6 Å². The van der Waals surface area contributed by atoms with Crippen molar-refractivity contribution in [3.05, 3.63) is 0 Å². The maximum atomic E-state index is 5.74. The van der Waals surface area contributed by atoms with Crippen LogP contribution in [0.3, 0.4) is 0 Å². The van der Waals surface area contributed by atoms with Gasteiger partial charge in [-0.25, -0.2) is 0 Å². The summed E-state index contributed by atoms with van der Waals surface area (Å²) < 4.78 is 18.2. The summed E-state index contributed by atoms with van der Waals surface area (Å²) in [6.07, 6.45) is 3.76. The molecule has 2 heterocycles. The van der Waals surface area contributed by atoms with Gasteiger partial charge in [0.2, 0.25) is 0 Å². The van der Waals surface area contributed by atoms with Crippen LogP contribution in [-0.2, 0) is 14.2 Å². The molecule has 0 bridgehead atoms. The Morgan fingerprint density at radius 1 is 1.21 bits per heavy atom. The van der Waals surface area contributed by atoms with Gasteiger partial charge in [-0.3, -0.25) is 0 Å². The van der Waals surface area contributed by atoms with Crippen LogP contribution >= 0.6 is 22.6 Å². The van der Waals surface area contributed by atoms with Crippen LogP contribution in [0.5, 0.6) is 0 Å². The summed E-state index contributed by atoms with van der Waals surface area (Å²) in [5.41, 5.74) is 0.389. The normalized spacial score (nSPS) is 37.9. The Bertz CT molecular complexity index is 230. The highest BCUT2D eigenvalue weighted by Gasteiger charge is 2.60. The van der Waals surface area contributed by atoms with Crippen molar-refractivity contribution in [3.8, 4) is 0 Å². The van der Waals surface area contributed by atoms with Crippen molar-refractivity contribution in [1.82, 2.24) is 0 Å². The van der Waals surface area contributed by atoms with Crippen LogP contribution in [-0.4, -0.2) is 36.1 Å². The average Bonchev–Trinajstić information content (AvgIpc) is 2.73. The molecule has 0 radical (unpaired) electrons. The van der Waals surface area contributed by atoms with Crippen molar-refractivity contribution in [3.63, 3.8) is 0 Å².